The lowest BCUT2D eigenvalue weighted by Gasteiger charge is -2.29. The van der Waals surface area contributed by atoms with Crippen molar-refractivity contribution in [1.82, 2.24) is 20.4 Å². The summed E-state index contributed by atoms with van der Waals surface area (Å²) < 4.78 is 5.46. The maximum atomic E-state index is 5.46. The molecule has 2 rings (SSSR count). The average Bonchev–Trinajstić information content (AvgIpc) is 3.30. The lowest BCUT2D eigenvalue weighted by atomic mass is 10.1. The molecule has 30 heavy (non-hydrogen) atoms. The first-order chi connectivity index (χ1) is 14.6. The molecule has 1 aliphatic heterocycles. The van der Waals surface area contributed by atoms with E-state index in [9.17, 15) is 0 Å². The number of benzene rings is 1. The Kier molecular flexibility index (Phi) is 11.0. The van der Waals surface area contributed by atoms with Gasteiger partial charge in [0.15, 0.2) is 5.96 Å². The number of aliphatic imine (C=N–C) groups is 1. The molecule has 0 spiro atoms. The number of hydrogen-bond acceptors (Lipinski definition) is 4. The van der Waals surface area contributed by atoms with Gasteiger partial charge in [-0.2, -0.15) is 0 Å². The highest BCUT2D eigenvalue weighted by Crippen LogP contribution is 2.27. The average molecular weight is 418 g/mol. The third kappa shape index (κ3) is 7.80. The Morgan fingerprint density at radius 3 is 2.60 bits per heavy atom. The molecule has 1 aliphatic rings. The fourth-order valence-corrected chi connectivity index (χ4v) is 4.21. The molecule has 2 N–H and O–H groups in total. The Morgan fingerprint density at radius 1 is 1.23 bits per heavy atom. The summed E-state index contributed by atoms with van der Waals surface area (Å²) in [5.41, 5.74) is 1.30. The highest BCUT2D eigenvalue weighted by molar-refractivity contribution is 5.79. The molecule has 0 saturated carbocycles. The van der Waals surface area contributed by atoms with Crippen LogP contribution in [0.4, 0.5) is 0 Å². The van der Waals surface area contributed by atoms with Gasteiger partial charge < -0.3 is 20.3 Å². The molecule has 1 heterocycles. The highest BCUT2D eigenvalue weighted by Gasteiger charge is 2.24. The summed E-state index contributed by atoms with van der Waals surface area (Å²) in [4.78, 5) is 9.52. The lowest BCUT2D eigenvalue weighted by molar-refractivity contribution is 0.244. The van der Waals surface area contributed by atoms with E-state index in [0.29, 0.717) is 12.1 Å². The predicted octanol–water partition coefficient (Wildman–Crippen LogP) is 3.51. The Morgan fingerprint density at radius 2 is 1.97 bits per heavy atom. The van der Waals surface area contributed by atoms with E-state index in [0.717, 1.165) is 57.4 Å². The largest absolute Gasteiger partial charge is 0.497 e. The Bertz CT molecular complexity index is 626. The van der Waals surface area contributed by atoms with Crippen molar-refractivity contribution in [2.75, 3.05) is 53.4 Å². The number of hydrogen-bond donors (Lipinski definition) is 2. The fraction of sp³-hybridized carbons (Fsp3) is 0.708. The molecule has 0 radical (unpaired) electrons. The molecule has 1 fully saturated rings. The zero-order valence-corrected chi connectivity index (χ0v) is 19.8. The Hall–Kier alpha value is -1.79. The summed E-state index contributed by atoms with van der Waals surface area (Å²) >= 11 is 0. The minimum Gasteiger partial charge on any atom is -0.497 e. The van der Waals surface area contributed by atoms with Crippen LogP contribution in [0, 0.1) is 0 Å². The van der Waals surface area contributed by atoms with Gasteiger partial charge >= 0.3 is 0 Å². The topological polar surface area (TPSA) is 52.1 Å². The van der Waals surface area contributed by atoms with Gasteiger partial charge in [0, 0.05) is 19.6 Å². The van der Waals surface area contributed by atoms with Gasteiger partial charge in [0.05, 0.1) is 13.2 Å². The summed E-state index contributed by atoms with van der Waals surface area (Å²) in [5, 5.41) is 7.15. The van der Waals surface area contributed by atoms with Crippen molar-refractivity contribution in [1.29, 1.82) is 0 Å². The third-order valence-electron chi connectivity index (χ3n) is 6.14. The first-order valence-electron chi connectivity index (χ1n) is 11.7. The summed E-state index contributed by atoms with van der Waals surface area (Å²) in [6, 6.07) is 9.18. The van der Waals surface area contributed by atoms with Gasteiger partial charge in [-0.05, 0) is 83.0 Å². The zero-order chi connectivity index (χ0) is 21.8. The van der Waals surface area contributed by atoms with Crippen molar-refractivity contribution >= 4 is 5.96 Å². The maximum absolute atomic E-state index is 5.46. The second kappa shape index (κ2) is 13.5. The minimum absolute atomic E-state index is 0.319. The molecule has 0 bridgehead atoms. The van der Waals surface area contributed by atoms with Gasteiger partial charge in [-0.1, -0.05) is 26.0 Å². The van der Waals surface area contributed by atoms with Crippen LogP contribution in [0.2, 0.25) is 0 Å². The van der Waals surface area contributed by atoms with Gasteiger partial charge in [0.1, 0.15) is 5.75 Å². The molecular formula is C24H43N5O. The fourth-order valence-electron chi connectivity index (χ4n) is 4.21. The molecule has 2 unspecified atom stereocenters. The van der Waals surface area contributed by atoms with Crippen LogP contribution in [0.1, 0.15) is 58.1 Å². The number of nitrogens with zero attached hydrogens (tertiary/aromatic N) is 3. The van der Waals surface area contributed by atoms with Crippen LogP contribution in [-0.4, -0.2) is 75.2 Å². The van der Waals surface area contributed by atoms with Crippen molar-refractivity contribution in [3.63, 3.8) is 0 Å². The predicted molar refractivity (Wildman–Crippen MR) is 128 cm³/mol. The monoisotopic (exact) mass is 417 g/mol. The van der Waals surface area contributed by atoms with Crippen LogP contribution >= 0.6 is 0 Å². The molecule has 1 aromatic rings. The van der Waals surface area contributed by atoms with Crippen LogP contribution in [0.3, 0.4) is 0 Å². The van der Waals surface area contributed by atoms with Gasteiger partial charge in [-0.25, -0.2) is 0 Å². The summed E-state index contributed by atoms with van der Waals surface area (Å²) in [7, 11) is 3.59. The van der Waals surface area contributed by atoms with E-state index < -0.39 is 0 Å². The Balaban J connectivity index is 1.90. The van der Waals surface area contributed by atoms with Crippen molar-refractivity contribution in [3.05, 3.63) is 29.8 Å². The third-order valence-corrected chi connectivity index (χ3v) is 6.14. The van der Waals surface area contributed by atoms with E-state index in [4.69, 9.17) is 4.74 Å². The number of nitrogens with one attached hydrogen (secondary N) is 2. The number of likely N-dealkylation sites (tertiary alicyclic amines) is 1. The second-order valence-corrected chi connectivity index (χ2v) is 8.20. The normalized spacial score (nSPS) is 17.2. The Labute approximate surface area is 184 Å². The molecule has 1 aromatic carbocycles. The highest BCUT2D eigenvalue weighted by atomic mass is 16.5. The summed E-state index contributed by atoms with van der Waals surface area (Å²) in [5.74, 6) is 1.80. The molecule has 0 aromatic heterocycles. The van der Waals surface area contributed by atoms with E-state index in [1.807, 2.05) is 13.1 Å². The first-order valence-corrected chi connectivity index (χ1v) is 11.7. The summed E-state index contributed by atoms with van der Waals surface area (Å²) in [6.07, 6.45) is 4.89. The van der Waals surface area contributed by atoms with Crippen molar-refractivity contribution in [2.45, 2.75) is 58.5 Å². The number of methoxy groups -OCH3 is 1. The SMILES string of the molecule is CCN(CC)CCCC(C)NC(=NC)NCC(c1cccc(OC)c1)N1CCCC1. The molecule has 1 saturated heterocycles. The van der Waals surface area contributed by atoms with E-state index >= 15 is 0 Å². The molecule has 6 heteroatoms. The van der Waals surface area contributed by atoms with Crippen molar-refractivity contribution in [2.24, 2.45) is 4.99 Å². The smallest absolute Gasteiger partial charge is 0.191 e. The number of rotatable bonds is 12. The van der Waals surface area contributed by atoms with Gasteiger partial charge in [-0.3, -0.25) is 9.89 Å². The second-order valence-electron chi connectivity index (χ2n) is 8.20. The quantitative estimate of drug-likeness (QED) is 0.403. The first kappa shape index (κ1) is 24.5. The molecular weight excluding hydrogens is 374 g/mol. The van der Waals surface area contributed by atoms with Gasteiger partial charge in [-0.15, -0.1) is 0 Å². The lowest BCUT2D eigenvalue weighted by Crippen LogP contribution is -2.45. The standard InChI is InChI=1S/C24H43N5O/c1-6-28(7-2)15-11-12-20(3)27-24(25-4)26-19-23(29-16-8-9-17-29)21-13-10-14-22(18-21)30-5/h10,13-14,18,20,23H,6-9,11-12,15-17,19H2,1-5H3,(H2,25,26,27). The van der Waals surface area contributed by atoms with Crippen LogP contribution in [0.15, 0.2) is 29.3 Å². The van der Waals surface area contributed by atoms with Gasteiger partial charge in [0.2, 0.25) is 0 Å². The van der Waals surface area contributed by atoms with Crippen LogP contribution in [-0.2, 0) is 0 Å². The number of ether oxygens (including phenoxy) is 1. The summed E-state index contributed by atoms with van der Waals surface area (Å²) in [6.45, 7) is 13.3. The molecule has 0 amide bonds. The van der Waals surface area contributed by atoms with Crippen molar-refractivity contribution in [3.8, 4) is 5.75 Å². The molecule has 2 atom stereocenters. The van der Waals surface area contributed by atoms with Crippen molar-refractivity contribution < 1.29 is 4.74 Å². The van der Waals surface area contributed by atoms with Crippen LogP contribution in [0.5, 0.6) is 5.75 Å². The molecule has 0 aliphatic carbocycles. The van der Waals surface area contributed by atoms with E-state index in [1.54, 1.807) is 7.11 Å². The zero-order valence-electron chi connectivity index (χ0n) is 19.8. The van der Waals surface area contributed by atoms with E-state index in [-0.39, 0.29) is 0 Å². The maximum Gasteiger partial charge on any atom is 0.191 e. The number of guanidine groups is 1. The molecule has 170 valence electrons. The molecule has 6 nitrogen and oxygen atoms in total. The van der Waals surface area contributed by atoms with Gasteiger partial charge in [0.25, 0.3) is 0 Å². The van der Waals surface area contributed by atoms with Crippen LogP contribution < -0.4 is 15.4 Å². The van der Waals surface area contributed by atoms with E-state index in [1.165, 1.54) is 24.8 Å². The van der Waals surface area contributed by atoms with Crippen LogP contribution in [0.25, 0.3) is 0 Å². The van der Waals surface area contributed by atoms with E-state index in [2.05, 4.69) is 64.4 Å². The minimum atomic E-state index is 0.319.